The minimum Gasteiger partial charge on any atom is -0.376 e. The Bertz CT molecular complexity index is 640. The van der Waals surface area contributed by atoms with E-state index in [1.54, 1.807) is 0 Å². The Labute approximate surface area is 133 Å². The summed E-state index contributed by atoms with van der Waals surface area (Å²) in [5, 5.41) is 6.07. The average Bonchev–Trinajstić information content (AvgIpc) is 2.44. The van der Waals surface area contributed by atoms with Gasteiger partial charge < -0.3 is 10.6 Å². The molecule has 2 aromatic rings. The number of halogens is 1. The molecule has 0 saturated heterocycles. The van der Waals surface area contributed by atoms with Crippen molar-refractivity contribution in [3.63, 3.8) is 0 Å². The Balaban J connectivity index is 1.82. The van der Waals surface area contributed by atoms with Crippen LogP contribution in [-0.2, 0) is 11.3 Å². The number of anilines is 1. The smallest absolute Gasteiger partial charge is 0.239 e. The topological polar surface area (TPSA) is 41.1 Å². The van der Waals surface area contributed by atoms with Gasteiger partial charge in [-0.2, -0.15) is 0 Å². The van der Waals surface area contributed by atoms with Gasteiger partial charge in [0.05, 0.1) is 6.54 Å². The lowest BCUT2D eigenvalue weighted by molar-refractivity contribution is -0.119. The van der Waals surface area contributed by atoms with Crippen LogP contribution in [0.1, 0.15) is 16.7 Å². The van der Waals surface area contributed by atoms with Crippen molar-refractivity contribution in [2.24, 2.45) is 0 Å². The van der Waals surface area contributed by atoms with Crippen molar-refractivity contribution in [3.05, 3.63) is 63.6 Å². The minimum atomic E-state index is -0.0150. The maximum Gasteiger partial charge on any atom is 0.239 e. The normalized spacial score (nSPS) is 10.2. The van der Waals surface area contributed by atoms with E-state index in [1.165, 1.54) is 5.56 Å². The van der Waals surface area contributed by atoms with Crippen LogP contribution in [0, 0.1) is 13.8 Å². The van der Waals surface area contributed by atoms with Crippen molar-refractivity contribution in [2.75, 3.05) is 11.9 Å². The molecule has 110 valence electrons. The molecular weight excluding hydrogens is 328 g/mol. The van der Waals surface area contributed by atoms with Crippen molar-refractivity contribution in [1.29, 1.82) is 0 Å². The Morgan fingerprint density at radius 1 is 1.14 bits per heavy atom. The molecule has 0 aromatic heterocycles. The van der Waals surface area contributed by atoms with E-state index < -0.39 is 0 Å². The van der Waals surface area contributed by atoms with Crippen LogP contribution >= 0.6 is 15.9 Å². The second kappa shape index (κ2) is 7.27. The third-order valence-electron chi connectivity index (χ3n) is 3.20. The lowest BCUT2D eigenvalue weighted by Gasteiger charge is -2.10. The van der Waals surface area contributed by atoms with Crippen LogP contribution in [-0.4, -0.2) is 12.5 Å². The van der Waals surface area contributed by atoms with Crippen LogP contribution in [0.25, 0.3) is 0 Å². The van der Waals surface area contributed by atoms with Gasteiger partial charge in [0.15, 0.2) is 0 Å². The molecule has 0 atom stereocenters. The van der Waals surface area contributed by atoms with E-state index in [-0.39, 0.29) is 12.5 Å². The largest absolute Gasteiger partial charge is 0.376 e. The van der Waals surface area contributed by atoms with Crippen LogP contribution in [0.15, 0.2) is 46.9 Å². The summed E-state index contributed by atoms with van der Waals surface area (Å²) < 4.78 is 1.04. The molecule has 0 radical (unpaired) electrons. The van der Waals surface area contributed by atoms with Gasteiger partial charge >= 0.3 is 0 Å². The van der Waals surface area contributed by atoms with Crippen LogP contribution in [0.3, 0.4) is 0 Å². The van der Waals surface area contributed by atoms with Crippen LogP contribution in [0.4, 0.5) is 5.69 Å². The highest BCUT2D eigenvalue weighted by atomic mass is 79.9. The number of benzene rings is 2. The van der Waals surface area contributed by atoms with Crippen molar-refractivity contribution in [1.82, 2.24) is 5.32 Å². The quantitative estimate of drug-likeness (QED) is 0.864. The zero-order valence-corrected chi connectivity index (χ0v) is 13.8. The molecule has 3 nitrogen and oxygen atoms in total. The van der Waals surface area contributed by atoms with Crippen molar-refractivity contribution in [3.8, 4) is 0 Å². The number of aryl methyl sites for hydroxylation is 2. The molecule has 1 amide bonds. The second-order valence-corrected chi connectivity index (χ2v) is 5.99. The Morgan fingerprint density at radius 2 is 1.95 bits per heavy atom. The van der Waals surface area contributed by atoms with E-state index in [4.69, 9.17) is 0 Å². The van der Waals surface area contributed by atoms with Gasteiger partial charge in [-0.15, -0.1) is 0 Å². The summed E-state index contributed by atoms with van der Waals surface area (Å²) in [4.78, 5) is 11.9. The SMILES string of the molecule is Cc1cccc(CNC(=O)CNc2ccc(Br)cc2C)c1. The van der Waals surface area contributed by atoms with Gasteiger partial charge in [0.25, 0.3) is 0 Å². The van der Waals surface area contributed by atoms with E-state index >= 15 is 0 Å². The average molecular weight is 347 g/mol. The van der Waals surface area contributed by atoms with Gasteiger partial charge in [0.1, 0.15) is 0 Å². The third kappa shape index (κ3) is 4.90. The fraction of sp³-hybridized carbons (Fsp3) is 0.235. The number of hydrogen-bond acceptors (Lipinski definition) is 2. The molecule has 0 bridgehead atoms. The van der Waals surface area contributed by atoms with Gasteiger partial charge in [-0.3, -0.25) is 4.79 Å². The summed E-state index contributed by atoms with van der Waals surface area (Å²) in [6, 6.07) is 14.1. The van der Waals surface area contributed by atoms with E-state index in [2.05, 4.69) is 32.6 Å². The first-order chi connectivity index (χ1) is 10.0. The molecule has 2 aromatic carbocycles. The highest BCUT2D eigenvalue weighted by molar-refractivity contribution is 9.10. The minimum absolute atomic E-state index is 0.0150. The number of amides is 1. The predicted molar refractivity (Wildman–Crippen MR) is 90.4 cm³/mol. The van der Waals surface area contributed by atoms with Crippen LogP contribution in [0.2, 0.25) is 0 Å². The van der Waals surface area contributed by atoms with E-state index in [0.717, 1.165) is 21.3 Å². The Kier molecular flexibility index (Phi) is 5.39. The fourth-order valence-electron chi connectivity index (χ4n) is 2.09. The first-order valence-electron chi connectivity index (χ1n) is 6.87. The molecule has 0 aliphatic rings. The van der Waals surface area contributed by atoms with Gasteiger partial charge in [0.2, 0.25) is 5.91 Å². The van der Waals surface area contributed by atoms with Crippen LogP contribution in [0.5, 0.6) is 0 Å². The summed E-state index contributed by atoms with van der Waals surface area (Å²) in [5.41, 5.74) is 4.40. The molecule has 2 N–H and O–H groups in total. The number of carbonyl (C=O) groups excluding carboxylic acids is 1. The molecular formula is C17H19BrN2O. The molecule has 2 rings (SSSR count). The highest BCUT2D eigenvalue weighted by Gasteiger charge is 2.03. The Hall–Kier alpha value is -1.81. The zero-order valence-electron chi connectivity index (χ0n) is 12.2. The summed E-state index contributed by atoms with van der Waals surface area (Å²) in [6.07, 6.45) is 0. The van der Waals surface area contributed by atoms with Crippen molar-refractivity contribution >= 4 is 27.5 Å². The standard InChI is InChI=1S/C17H19BrN2O/c1-12-4-3-5-14(8-12)10-20-17(21)11-19-16-7-6-15(18)9-13(16)2/h3-9,19H,10-11H2,1-2H3,(H,20,21). The molecule has 0 aliphatic heterocycles. The highest BCUT2D eigenvalue weighted by Crippen LogP contribution is 2.19. The molecule has 0 heterocycles. The van der Waals surface area contributed by atoms with Gasteiger partial charge in [0, 0.05) is 16.7 Å². The van der Waals surface area contributed by atoms with Gasteiger partial charge in [-0.05, 0) is 43.2 Å². The maximum atomic E-state index is 11.9. The van der Waals surface area contributed by atoms with E-state index in [9.17, 15) is 4.79 Å². The molecule has 0 fully saturated rings. The number of hydrogen-bond donors (Lipinski definition) is 2. The summed E-state index contributed by atoms with van der Waals surface area (Å²) in [6.45, 7) is 4.89. The summed E-state index contributed by atoms with van der Waals surface area (Å²) >= 11 is 3.43. The van der Waals surface area contributed by atoms with E-state index in [1.807, 2.05) is 50.2 Å². The molecule has 0 aliphatic carbocycles. The maximum absolute atomic E-state index is 11.9. The summed E-state index contributed by atoms with van der Waals surface area (Å²) in [7, 11) is 0. The monoisotopic (exact) mass is 346 g/mol. The Morgan fingerprint density at radius 3 is 2.67 bits per heavy atom. The first kappa shape index (κ1) is 15.6. The lowest BCUT2D eigenvalue weighted by Crippen LogP contribution is -2.29. The van der Waals surface area contributed by atoms with Crippen molar-refractivity contribution < 1.29 is 4.79 Å². The lowest BCUT2D eigenvalue weighted by atomic mass is 10.1. The van der Waals surface area contributed by atoms with E-state index in [0.29, 0.717) is 6.54 Å². The molecule has 21 heavy (non-hydrogen) atoms. The fourth-order valence-corrected chi connectivity index (χ4v) is 2.56. The van der Waals surface area contributed by atoms with Gasteiger partial charge in [-0.25, -0.2) is 0 Å². The van der Waals surface area contributed by atoms with Gasteiger partial charge in [-0.1, -0.05) is 45.8 Å². The molecule has 0 unspecified atom stereocenters. The molecule has 4 heteroatoms. The molecule has 0 spiro atoms. The number of carbonyl (C=O) groups is 1. The molecule has 0 saturated carbocycles. The zero-order chi connectivity index (χ0) is 15.2. The first-order valence-corrected chi connectivity index (χ1v) is 7.66. The summed E-state index contributed by atoms with van der Waals surface area (Å²) in [5.74, 6) is -0.0150. The number of nitrogens with one attached hydrogen (secondary N) is 2. The van der Waals surface area contributed by atoms with Crippen molar-refractivity contribution in [2.45, 2.75) is 20.4 Å². The second-order valence-electron chi connectivity index (χ2n) is 5.08. The third-order valence-corrected chi connectivity index (χ3v) is 3.69. The van der Waals surface area contributed by atoms with Crippen LogP contribution < -0.4 is 10.6 Å². The predicted octanol–water partition coefficient (Wildman–Crippen LogP) is 3.79. The number of rotatable bonds is 5.